The lowest BCUT2D eigenvalue weighted by Gasteiger charge is -2.04. The summed E-state index contributed by atoms with van der Waals surface area (Å²) in [5.74, 6) is -0.889. The third-order valence-corrected chi connectivity index (χ3v) is 2.15. The fraction of sp³-hybridized carbons (Fsp3) is 0.455. The van der Waals surface area contributed by atoms with Gasteiger partial charge in [0.25, 0.3) is 0 Å². The summed E-state index contributed by atoms with van der Waals surface area (Å²) in [5, 5.41) is 11.5. The summed E-state index contributed by atoms with van der Waals surface area (Å²) in [4.78, 5) is 30.0. The van der Waals surface area contributed by atoms with Gasteiger partial charge in [0.15, 0.2) is 0 Å². The number of carbonyl (C=O) groups is 2. The van der Waals surface area contributed by atoms with Crippen LogP contribution in [0.25, 0.3) is 0 Å². The number of nitrogens with one attached hydrogen (secondary N) is 1. The first kappa shape index (κ1) is 13.1. The van der Waals surface area contributed by atoms with Crippen molar-refractivity contribution in [3.8, 4) is 0 Å². The third kappa shape index (κ3) is 3.82. The highest BCUT2D eigenvalue weighted by Gasteiger charge is 2.11. The minimum atomic E-state index is -1.07. The van der Waals surface area contributed by atoms with Gasteiger partial charge in [0.2, 0.25) is 5.91 Å². The highest BCUT2D eigenvalue weighted by molar-refractivity contribution is 5.88. The van der Waals surface area contributed by atoms with E-state index in [4.69, 9.17) is 5.11 Å². The predicted molar refractivity (Wildman–Crippen MR) is 60.7 cm³/mol. The van der Waals surface area contributed by atoms with E-state index in [1.807, 2.05) is 6.92 Å². The highest BCUT2D eigenvalue weighted by Crippen LogP contribution is 2.04. The fourth-order valence-electron chi connectivity index (χ4n) is 1.28. The van der Waals surface area contributed by atoms with Crippen LogP contribution in [0.2, 0.25) is 0 Å². The summed E-state index contributed by atoms with van der Waals surface area (Å²) >= 11 is 0. The third-order valence-electron chi connectivity index (χ3n) is 2.15. The largest absolute Gasteiger partial charge is 0.478 e. The lowest BCUT2D eigenvalue weighted by molar-refractivity contribution is -0.120. The average Bonchev–Trinajstić information content (AvgIpc) is 2.26. The number of carboxylic acid groups (broad SMARTS) is 1. The van der Waals surface area contributed by atoms with Crippen LogP contribution < -0.4 is 5.32 Å². The Balaban J connectivity index is 2.70. The smallest absolute Gasteiger partial charge is 0.339 e. The second-order valence-electron chi connectivity index (χ2n) is 3.62. The predicted octanol–water partition coefficient (Wildman–Crippen LogP) is 0.552. The van der Waals surface area contributed by atoms with Gasteiger partial charge in [-0.25, -0.2) is 14.8 Å². The van der Waals surface area contributed by atoms with Gasteiger partial charge in [0.05, 0.1) is 17.7 Å². The number of nitrogens with zero attached hydrogens (tertiary/aromatic N) is 2. The van der Waals surface area contributed by atoms with Crippen molar-refractivity contribution >= 4 is 11.9 Å². The number of amides is 1. The molecule has 92 valence electrons. The van der Waals surface area contributed by atoms with E-state index >= 15 is 0 Å². The molecule has 0 aliphatic carbocycles. The van der Waals surface area contributed by atoms with E-state index in [9.17, 15) is 9.59 Å². The van der Waals surface area contributed by atoms with Crippen LogP contribution in [0.15, 0.2) is 6.20 Å². The number of aromatic nitrogens is 2. The van der Waals surface area contributed by atoms with E-state index in [2.05, 4.69) is 15.3 Å². The van der Waals surface area contributed by atoms with Crippen molar-refractivity contribution in [3.05, 3.63) is 23.3 Å². The Bertz CT molecular complexity index is 432. The van der Waals surface area contributed by atoms with Crippen molar-refractivity contribution in [2.45, 2.75) is 26.7 Å². The zero-order valence-corrected chi connectivity index (χ0v) is 9.86. The van der Waals surface area contributed by atoms with E-state index in [1.54, 1.807) is 6.92 Å². The molecule has 1 aromatic heterocycles. The second kappa shape index (κ2) is 5.93. The van der Waals surface area contributed by atoms with Crippen molar-refractivity contribution in [2.24, 2.45) is 0 Å². The molecule has 0 saturated heterocycles. The van der Waals surface area contributed by atoms with Crippen LogP contribution in [-0.4, -0.2) is 33.5 Å². The van der Waals surface area contributed by atoms with E-state index in [0.717, 1.165) is 6.42 Å². The summed E-state index contributed by atoms with van der Waals surface area (Å²) in [7, 11) is 0. The lowest BCUT2D eigenvalue weighted by Crippen LogP contribution is -2.26. The molecule has 1 amide bonds. The average molecular weight is 237 g/mol. The van der Waals surface area contributed by atoms with Crippen LogP contribution in [0.1, 0.15) is 35.2 Å². The monoisotopic (exact) mass is 237 g/mol. The van der Waals surface area contributed by atoms with Crippen molar-refractivity contribution in [2.75, 3.05) is 6.54 Å². The van der Waals surface area contributed by atoms with Crippen LogP contribution in [-0.2, 0) is 11.2 Å². The molecule has 2 N–H and O–H groups in total. The molecule has 0 bridgehead atoms. The molecular formula is C11H15N3O3. The molecule has 0 saturated carbocycles. The van der Waals surface area contributed by atoms with Crippen molar-refractivity contribution in [1.82, 2.24) is 15.3 Å². The molecule has 6 nitrogen and oxygen atoms in total. The fourth-order valence-corrected chi connectivity index (χ4v) is 1.28. The van der Waals surface area contributed by atoms with Gasteiger partial charge < -0.3 is 10.4 Å². The summed E-state index contributed by atoms with van der Waals surface area (Å²) < 4.78 is 0. The molecule has 0 spiro atoms. The number of rotatable bonds is 5. The molecule has 0 aromatic carbocycles. The van der Waals surface area contributed by atoms with Crippen LogP contribution in [0.5, 0.6) is 0 Å². The van der Waals surface area contributed by atoms with Crippen molar-refractivity contribution in [3.63, 3.8) is 0 Å². The van der Waals surface area contributed by atoms with E-state index in [-0.39, 0.29) is 17.9 Å². The summed E-state index contributed by atoms with van der Waals surface area (Å²) in [6.07, 6.45) is 2.16. The first-order valence-electron chi connectivity index (χ1n) is 5.37. The van der Waals surface area contributed by atoms with Crippen LogP contribution >= 0.6 is 0 Å². The molecule has 1 aromatic rings. The molecule has 0 fully saturated rings. The number of aryl methyl sites for hydroxylation is 1. The van der Waals surface area contributed by atoms with Gasteiger partial charge in [-0.05, 0) is 13.3 Å². The molecule has 0 radical (unpaired) electrons. The van der Waals surface area contributed by atoms with Gasteiger partial charge in [-0.1, -0.05) is 6.92 Å². The van der Waals surface area contributed by atoms with Crippen molar-refractivity contribution < 1.29 is 14.7 Å². The number of carboxylic acids is 1. The van der Waals surface area contributed by atoms with Gasteiger partial charge in [-0.15, -0.1) is 0 Å². The van der Waals surface area contributed by atoms with E-state index in [1.165, 1.54) is 6.20 Å². The lowest BCUT2D eigenvalue weighted by atomic mass is 10.2. The Labute approximate surface area is 99.1 Å². The Kier molecular flexibility index (Phi) is 4.56. The summed E-state index contributed by atoms with van der Waals surface area (Å²) in [6.45, 7) is 4.16. The van der Waals surface area contributed by atoms with Gasteiger partial charge in [-0.3, -0.25) is 4.79 Å². The number of carbonyl (C=O) groups excluding carboxylic acids is 1. The van der Waals surface area contributed by atoms with Crippen molar-refractivity contribution in [1.29, 1.82) is 0 Å². The van der Waals surface area contributed by atoms with Gasteiger partial charge >= 0.3 is 5.97 Å². The minimum Gasteiger partial charge on any atom is -0.478 e. The van der Waals surface area contributed by atoms with E-state index < -0.39 is 5.97 Å². The van der Waals surface area contributed by atoms with Gasteiger partial charge in [0.1, 0.15) is 5.82 Å². The minimum absolute atomic E-state index is 0.0581. The molecule has 17 heavy (non-hydrogen) atoms. The standard InChI is InChI=1S/C11H15N3O3/c1-3-4-12-10(15)5-9-13-6-8(11(16)17)7(2)14-9/h6H,3-5H2,1-2H3,(H,12,15)(H,16,17). The maximum atomic E-state index is 11.4. The SMILES string of the molecule is CCCNC(=O)Cc1ncc(C(=O)O)c(C)n1. The Morgan fingerprint density at radius 2 is 2.18 bits per heavy atom. The molecule has 1 heterocycles. The molecule has 6 heteroatoms. The first-order valence-corrected chi connectivity index (χ1v) is 5.37. The van der Waals surface area contributed by atoms with Gasteiger partial charge in [-0.2, -0.15) is 0 Å². The molecule has 1 rings (SSSR count). The number of aromatic carboxylic acids is 1. The summed E-state index contributed by atoms with van der Waals surface area (Å²) in [6, 6.07) is 0. The maximum Gasteiger partial charge on any atom is 0.339 e. The molecule has 0 unspecified atom stereocenters. The number of hydrogen-bond acceptors (Lipinski definition) is 4. The summed E-state index contributed by atoms with van der Waals surface area (Å²) in [5.41, 5.74) is 0.425. The normalized spacial score (nSPS) is 10.0. The first-order chi connectivity index (χ1) is 8.04. The maximum absolute atomic E-state index is 11.4. The topological polar surface area (TPSA) is 92.2 Å². The highest BCUT2D eigenvalue weighted by atomic mass is 16.4. The molecular weight excluding hydrogens is 222 g/mol. The molecule has 0 aliphatic heterocycles. The Hall–Kier alpha value is -1.98. The number of hydrogen-bond donors (Lipinski definition) is 2. The van der Waals surface area contributed by atoms with E-state index in [0.29, 0.717) is 18.1 Å². The van der Waals surface area contributed by atoms with Crippen LogP contribution in [0, 0.1) is 6.92 Å². The molecule has 0 atom stereocenters. The van der Waals surface area contributed by atoms with Gasteiger partial charge in [0, 0.05) is 12.7 Å². The quantitative estimate of drug-likeness (QED) is 0.780. The second-order valence-corrected chi connectivity index (χ2v) is 3.62. The van der Waals surface area contributed by atoms with Crippen LogP contribution in [0.3, 0.4) is 0 Å². The zero-order chi connectivity index (χ0) is 12.8. The Morgan fingerprint density at radius 3 is 2.71 bits per heavy atom. The molecule has 0 aliphatic rings. The van der Waals surface area contributed by atoms with Crippen LogP contribution in [0.4, 0.5) is 0 Å². The Morgan fingerprint density at radius 1 is 1.47 bits per heavy atom. The zero-order valence-electron chi connectivity index (χ0n) is 9.86.